The molecule has 1 saturated carbocycles. The van der Waals surface area contributed by atoms with Gasteiger partial charge in [0.2, 0.25) is 0 Å². The van der Waals surface area contributed by atoms with Crippen LogP contribution in [0, 0.1) is 10.1 Å². The lowest BCUT2D eigenvalue weighted by Crippen LogP contribution is -1.99. The average molecular weight is 272 g/mol. The Morgan fingerprint density at radius 3 is 2.80 bits per heavy atom. The van der Waals surface area contributed by atoms with E-state index >= 15 is 0 Å². The quantitative estimate of drug-likeness (QED) is 0.481. The van der Waals surface area contributed by atoms with Gasteiger partial charge in [0.25, 0.3) is 5.69 Å². The number of benzene rings is 1. The van der Waals surface area contributed by atoms with E-state index in [1.807, 2.05) is 0 Å². The van der Waals surface area contributed by atoms with Crippen LogP contribution in [0.15, 0.2) is 18.2 Å². The number of nitro groups is 1. The molecule has 1 aliphatic carbocycles. The third-order valence-electron chi connectivity index (χ3n) is 2.22. The number of nitro benzene ring substituents is 1. The molecule has 0 aliphatic heterocycles. The third-order valence-corrected chi connectivity index (χ3v) is 2.82. The molecule has 0 amide bonds. The van der Waals surface area contributed by atoms with Crippen LogP contribution in [0.3, 0.4) is 0 Å². The van der Waals surface area contributed by atoms with Gasteiger partial charge in [-0.15, -0.1) is 0 Å². The predicted molar refractivity (Wildman–Crippen MR) is 59.4 cm³/mol. The van der Waals surface area contributed by atoms with Crippen LogP contribution in [0.1, 0.15) is 18.4 Å². The zero-order valence-corrected chi connectivity index (χ0v) is 9.57. The van der Waals surface area contributed by atoms with Crippen molar-refractivity contribution in [3.8, 4) is 5.75 Å². The summed E-state index contributed by atoms with van der Waals surface area (Å²) in [6.45, 7) is 0. The van der Waals surface area contributed by atoms with Gasteiger partial charge in [0.1, 0.15) is 5.75 Å². The summed E-state index contributed by atoms with van der Waals surface area (Å²) in [7, 11) is 0. The van der Waals surface area contributed by atoms with Crippen LogP contribution in [-0.4, -0.2) is 11.0 Å². The Morgan fingerprint density at radius 1 is 1.53 bits per heavy atom. The molecule has 4 nitrogen and oxygen atoms in total. The number of alkyl halides is 1. The lowest BCUT2D eigenvalue weighted by Gasteiger charge is -2.08. The van der Waals surface area contributed by atoms with Gasteiger partial charge in [-0.25, -0.2) is 0 Å². The second-order valence-electron chi connectivity index (χ2n) is 3.50. The normalized spacial score (nSPS) is 15.0. The van der Waals surface area contributed by atoms with E-state index in [1.165, 1.54) is 6.07 Å². The highest BCUT2D eigenvalue weighted by molar-refractivity contribution is 9.08. The fourth-order valence-electron chi connectivity index (χ4n) is 1.26. The van der Waals surface area contributed by atoms with Gasteiger partial charge in [0.15, 0.2) is 0 Å². The summed E-state index contributed by atoms with van der Waals surface area (Å²) in [5.74, 6) is 0.750. The molecule has 0 saturated heterocycles. The topological polar surface area (TPSA) is 52.4 Å². The van der Waals surface area contributed by atoms with Crippen molar-refractivity contribution in [2.45, 2.75) is 24.3 Å². The van der Waals surface area contributed by atoms with Gasteiger partial charge in [-0.1, -0.05) is 15.9 Å². The van der Waals surface area contributed by atoms with Crippen LogP contribution >= 0.6 is 15.9 Å². The first-order chi connectivity index (χ1) is 7.20. The van der Waals surface area contributed by atoms with E-state index in [9.17, 15) is 10.1 Å². The monoisotopic (exact) mass is 271 g/mol. The minimum Gasteiger partial charge on any atom is -0.490 e. The average Bonchev–Trinajstić information content (AvgIpc) is 3.02. The van der Waals surface area contributed by atoms with Gasteiger partial charge in [0, 0.05) is 23.0 Å². The molecule has 80 valence electrons. The molecule has 1 aliphatic rings. The number of hydrogen-bond donors (Lipinski definition) is 0. The summed E-state index contributed by atoms with van der Waals surface area (Å²) in [4.78, 5) is 10.2. The minimum atomic E-state index is -0.396. The van der Waals surface area contributed by atoms with Crippen molar-refractivity contribution in [2.24, 2.45) is 0 Å². The van der Waals surface area contributed by atoms with Crippen LogP contribution in [-0.2, 0) is 5.33 Å². The molecule has 0 aromatic heterocycles. The smallest absolute Gasteiger partial charge is 0.270 e. The molecule has 0 N–H and O–H groups in total. The van der Waals surface area contributed by atoms with E-state index < -0.39 is 4.92 Å². The number of hydrogen-bond acceptors (Lipinski definition) is 3. The molecule has 1 fully saturated rings. The van der Waals surface area contributed by atoms with Gasteiger partial charge in [-0.05, 0) is 18.9 Å². The molecule has 0 unspecified atom stereocenters. The third kappa shape index (κ3) is 2.47. The number of halogens is 1. The van der Waals surface area contributed by atoms with Crippen LogP contribution in [0.2, 0.25) is 0 Å². The lowest BCUT2D eigenvalue weighted by atomic mass is 10.2. The molecule has 0 spiro atoms. The Bertz CT molecular complexity index is 390. The first-order valence-electron chi connectivity index (χ1n) is 4.70. The standard InChI is InChI=1S/C10H10BrNO3/c11-6-7-5-8(12(13)14)1-4-10(7)15-9-2-3-9/h1,4-5,9H,2-3,6H2. The Balaban J connectivity index is 2.25. The van der Waals surface area contributed by atoms with E-state index in [0.717, 1.165) is 24.2 Å². The molecule has 1 aromatic rings. The maximum Gasteiger partial charge on any atom is 0.270 e. The second-order valence-corrected chi connectivity index (χ2v) is 4.06. The van der Waals surface area contributed by atoms with Crippen molar-refractivity contribution in [3.05, 3.63) is 33.9 Å². The summed E-state index contributed by atoms with van der Waals surface area (Å²) in [5, 5.41) is 11.1. The molecule has 0 heterocycles. The first kappa shape index (κ1) is 10.4. The molecule has 5 heteroatoms. The van der Waals surface area contributed by atoms with Crippen LogP contribution in [0.25, 0.3) is 0 Å². The summed E-state index contributed by atoms with van der Waals surface area (Å²) in [6, 6.07) is 4.70. The number of nitrogens with zero attached hydrogens (tertiary/aromatic N) is 1. The van der Waals surface area contributed by atoms with Crippen LogP contribution < -0.4 is 4.74 Å². The van der Waals surface area contributed by atoms with Crippen LogP contribution in [0.5, 0.6) is 5.75 Å². The summed E-state index contributed by atoms with van der Waals surface area (Å²) >= 11 is 3.30. The lowest BCUT2D eigenvalue weighted by molar-refractivity contribution is -0.384. The van der Waals surface area contributed by atoms with Gasteiger partial charge in [-0.2, -0.15) is 0 Å². The van der Waals surface area contributed by atoms with Crippen molar-refractivity contribution in [3.63, 3.8) is 0 Å². The van der Waals surface area contributed by atoms with E-state index in [1.54, 1.807) is 12.1 Å². The maximum absolute atomic E-state index is 10.6. The molecule has 1 aromatic carbocycles. The van der Waals surface area contributed by atoms with E-state index in [0.29, 0.717) is 11.4 Å². The zero-order valence-electron chi connectivity index (χ0n) is 7.98. The molecule has 0 bridgehead atoms. The highest BCUT2D eigenvalue weighted by Crippen LogP contribution is 2.32. The number of non-ortho nitro benzene ring substituents is 1. The summed E-state index contributed by atoms with van der Waals surface area (Å²) < 4.78 is 5.63. The largest absolute Gasteiger partial charge is 0.490 e. The summed E-state index contributed by atoms with van der Waals surface area (Å²) in [6.07, 6.45) is 2.47. The van der Waals surface area contributed by atoms with Crippen molar-refractivity contribution in [1.82, 2.24) is 0 Å². The van der Waals surface area contributed by atoms with E-state index in [2.05, 4.69) is 15.9 Å². The fraction of sp³-hybridized carbons (Fsp3) is 0.400. The highest BCUT2D eigenvalue weighted by Gasteiger charge is 2.24. The first-order valence-corrected chi connectivity index (χ1v) is 5.83. The molecule has 0 radical (unpaired) electrons. The van der Waals surface area contributed by atoms with Gasteiger partial charge >= 0.3 is 0 Å². The van der Waals surface area contributed by atoms with E-state index in [-0.39, 0.29) is 5.69 Å². The van der Waals surface area contributed by atoms with Crippen LogP contribution in [0.4, 0.5) is 5.69 Å². The van der Waals surface area contributed by atoms with Crippen molar-refractivity contribution < 1.29 is 9.66 Å². The molecular weight excluding hydrogens is 262 g/mol. The van der Waals surface area contributed by atoms with Crippen molar-refractivity contribution in [1.29, 1.82) is 0 Å². The Morgan fingerprint density at radius 2 is 2.27 bits per heavy atom. The Labute approximate surface area is 95.5 Å². The highest BCUT2D eigenvalue weighted by atomic mass is 79.9. The van der Waals surface area contributed by atoms with Gasteiger partial charge < -0.3 is 4.74 Å². The fourth-order valence-corrected chi connectivity index (χ4v) is 1.70. The number of ether oxygens (including phenoxy) is 1. The SMILES string of the molecule is O=[N+]([O-])c1ccc(OC2CC2)c(CBr)c1. The number of rotatable bonds is 4. The van der Waals surface area contributed by atoms with E-state index in [4.69, 9.17) is 4.74 Å². The maximum atomic E-state index is 10.6. The molecule has 0 atom stereocenters. The minimum absolute atomic E-state index is 0.104. The second kappa shape index (κ2) is 4.18. The summed E-state index contributed by atoms with van der Waals surface area (Å²) in [5.41, 5.74) is 0.934. The molecular formula is C10H10BrNO3. The van der Waals surface area contributed by atoms with Gasteiger partial charge in [-0.3, -0.25) is 10.1 Å². The molecule has 2 rings (SSSR count). The van der Waals surface area contributed by atoms with Crippen molar-refractivity contribution >= 4 is 21.6 Å². The van der Waals surface area contributed by atoms with Crippen molar-refractivity contribution in [2.75, 3.05) is 0 Å². The molecule has 15 heavy (non-hydrogen) atoms. The Kier molecular flexibility index (Phi) is 2.90. The van der Waals surface area contributed by atoms with Gasteiger partial charge in [0.05, 0.1) is 11.0 Å². The predicted octanol–water partition coefficient (Wildman–Crippen LogP) is 3.03. The zero-order chi connectivity index (χ0) is 10.8. The Hall–Kier alpha value is -1.10.